The zero-order valence-corrected chi connectivity index (χ0v) is 18.2. The van der Waals surface area contributed by atoms with Crippen LogP contribution in [0.15, 0.2) is 23.3 Å². The van der Waals surface area contributed by atoms with E-state index in [-0.39, 0.29) is 18.4 Å². The number of ether oxygens (including phenoxy) is 3. The van der Waals surface area contributed by atoms with Crippen molar-refractivity contribution in [3.8, 4) is 11.5 Å². The third kappa shape index (κ3) is 7.52. The number of benzene rings is 1. The van der Waals surface area contributed by atoms with Gasteiger partial charge in [-0.25, -0.2) is 5.43 Å². The van der Waals surface area contributed by atoms with Crippen LogP contribution in [0.5, 0.6) is 11.5 Å². The summed E-state index contributed by atoms with van der Waals surface area (Å²) in [7, 11) is 1.54. The molecule has 3 rings (SSSR count). The fourth-order valence-corrected chi connectivity index (χ4v) is 3.60. The number of morpholine rings is 1. The highest BCUT2D eigenvalue weighted by Crippen LogP contribution is 2.27. The maximum absolute atomic E-state index is 12.2. The van der Waals surface area contributed by atoms with E-state index in [1.54, 1.807) is 29.3 Å². The van der Waals surface area contributed by atoms with E-state index in [0.717, 1.165) is 25.2 Å². The van der Waals surface area contributed by atoms with E-state index in [9.17, 15) is 9.59 Å². The molecule has 2 heterocycles. The number of methoxy groups -OCH3 is 1. The van der Waals surface area contributed by atoms with Gasteiger partial charge in [0.25, 0.3) is 5.91 Å². The van der Waals surface area contributed by atoms with E-state index in [0.29, 0.717) is 44.2 Å². The molecule has 0 aromatic heterocycles. The average Bonchev–Trinajstić information content (AvgIpc) is 2.82. The summed E-state index contributed by atoms with van der Waals surface area (Å²) in [6.07, 6.45) is 5.70. The minimum absolute atomic E-state index is 0.0587. The molecule has 9 heteroatoms. The van der Waals surface area contributed by atoms with Crippen molar-refractivity contribution in [2.24, 2.45) is 5.10 Å². The van der Waals surface area contributed by atoms with Crippen LogP contribution in [0, 0.1) is 0 Å². The van der Waals surface area contributed by atoms with Gasteiger partial charge in [-0.3, -0.25) is 9.59 Å². The first-order valence-corrected chi connectivity index (χ1v) is 10.9. The number of hydrazone groups is 1. The number of hydrogen-bond donors (Lipinski definition) is 1. The molecule has 1 N–H and O–H groups in total. The van der Waals surface area contributed by atoms with E-state index < -0.39 is 0 Å². The lowest BCUT2D eigenvalue weighted by molar-refractivity contribution is -0.137. The van der Waals surface area contributed by atoms with E-state index in [4.69, 9.17) is 14.2 Å². The topological polar surface area (TPSA) is 92.7 Å². The molecule has 0 unspecified atom stereocenters. The second-order valence-corrected chi connectivity index (χ2v) is 7.64. The first-order chi connectivity index (χ1) is 15.2. The summed E-state index contributed by atoms with van der Waals surface area (Å²) in [5.74, 6) is 0.792. The van der Waals surface area contributed by atoms with Crippen molar-refractivity contribution in [1.29, 1.82) is 0 Å². The number of carbonyl (C=O) groups excluding carboxylic acids is 2. The van der Waals surface area contributed by atoms with Gasteiger partial charge in [0.15, 0.2) is 18.1 Å². The van der Waals surface area contributed by atoms with Crippen LogP contribution in [0.2, 0.25) is 0 Å². The van der Waals surface area contributed by atoms with Crippen LogP contribution < -0.4 is 14.9 Å². The van der Waals surface area contributed by atoms with Crippen LogP contribution in [-0.4, -0.2) is 87.5 Å². The molecule has 2 amide bonds. The van der Waals surface area contributed by atoms with E-state index in [1.165, 1.54) is 26.4 Å². The van der Waals surface area contributed by atoms with Gasteiger partial charge in [-0.05, 0) is 49.7 Å². The SMILES string of the molecule is COc1cc(/C=N/NC(=O)CCN2CCCCC2)ccc1OCC(=O)N1CCOCC1. The number of piperidine rings is 1. The predicted octanol–water partition coefficient (Wildman–Crippen LogP) is 1.26. The number of nitrogens with zero attached hydrogens (tertiary/aromatic N) is 3. The molecule has 0 radical (unpaired) electrons. The van der Waals surface area contributed by atoms with Gasteiger partial charge in [-0.15, -0.1) is 0 Å². The minimum atomic E-state index is -0.102. The fraction of sp³-hybridized carbons (Fsp3) is 0.591. The maximum atomic E-state index is 12.2. The molecule has 170 valence electrons. The lowest BCUT2D eigenvalue weighted by atomic mass is 10.1. The molecule has 2 saturated heterocycles. The molecule has 0 aliphatic carbocycles. The Hall–Kier alpha value is -2.65. The van der Waals surface area contributed by atoms with Gasteiger partial charge >= 0.3 is 0 Å². The number of likely N-dealkylation sites (tertiary alicyclic amines) is 1. The molecule has 1 aromatic carbocycles. The molecule has 2 aliphatic rings. The molecule has 0 saturated carbocycles. The zero-order valence-electron chi connectivity index (χ0n) is 18.2. The molecule has 0 spiro atoms. The summed E-state index contributed by atoms with van der Waals surface area (Å²) in [6, 6.07) is 5.27. The smallest absolute Gasteiger partial charge is 0.260 e. The van der Waals surface area contributed by atoms with Gasteiger partial charge in [0.1, 0.15) is 0 Å². The number of amides is 2. The summed E-state index contributed by atoms with van der Waals surface area (Å²) in [5, 5.41) is 4.03. The van der Waals surface area contributed by atoms with Gasteiger partial charge in [0.05, 0.1) is 26.5 Å². The first-order valence-electron chi connectivity index (χ1n) is 10.9. The lowest BCUT2D eigenvalue weighted by Crippen LogP contribution is -2.43. The molecule has 9 nitrogen and oxygen atoms in total. The first kappa shape index (κ1) is 23.0. The molecule has 0 bridgehead atoms. The zero-order chi connectivity index (χ0) is 21.9. The van der Waals surface area contributed by atoms with Crippen LogP contribution in [0.3, 0.4) is 0 Å². The molecular weight excluding hydrogens is 400 g/mol. The summed E-state index contributed by atoms with van der Waals surface area (Å²) < 4.78 is 16.3. The van der Waals surface area contributed by atoms with Crippen molar-refractivity contribution >= 4 is 18.0 Å². The van der Waals surface area contributed by atoms with Gasteiger partial charge in [0.2, 0.25) is 5.91 Å². The molecule has 31 heavy (non-hydrogen) atoms. The molecule has 2 fully saturated rings. The summed E-state index contributed by atoms with van der Waals surface area (Å²) >= 11 is 0. The normalized spacial score (nSPS) is 17.5. The van der Waals surface area contributed by atoms with Crippen LogP contribution in [0.25, 0.3) is 0 Å². The summed E-state index contributed by atoms with van der Waals surface area (Å²) in [4.78, 5) is 28.3. The Morgan fingerprint density at radius 3 is 2.65 bits per heavy atom. The van der Waals surface area contributed by atoms with Crippen molar-refractivity contribution in [3.05, 3.63) is 23.8 Å². The fourth-order valence-electron chi connectivity index (χ4n) is 3.60. The number of rotatable bonds is 9. The second-order valence-electron chi connectivity index (χ2n) is 7.64. The highest BCUT2D eigenvalue weighted by Gasteiger charge is 2.18. The molecule has 1 aromatic rings. The summed E-state index contributed by atoms with van der Waals surface area (Å²) in [6.45, 7) is 5.12. The highest BCUT2D eigenvalue weighted by molar-refractivity contribution is 5.83. The lowest BCUT2D eigenvalue weighted by Gasteiger charge is -2.26. The van der Waals surface area contributed by atoms with Crippen molar-refractivity contribution < 1.29 is 23.8 Å². The number of nitrogens with one attached hydrogen (secondary N) is 1. The Labute approximate surface area is 183 Å². The molecule has 0 atom stereocenters. The molecule has 2 aliphatic heterocycles. The third-order valence-electron chi connectivity index (χ3n) is 5.41. The van der Waals surface area contributed by atoms with Gasteiger partial charge in [0, 0.05) is 26.1 Å². The Bertz CT molecular complexity index is 758. The quantitative estimate of drug-likeness (QED) is 0.467. The van der Waals surface area contributed by atoms with Crippen LogP contribution in [0.4, 0.5) is 0 Å². The van der Waals surface area contributed by atoms with E-state index in [1.807, 2.05) is 0 Å². The maximum Gasteiger partial charge on any atom is 0.260 e. The largest absolute Gasteiger partial charge is 0.493 e. The van der Waals surface area contributed by atoms with Gasteiger partial charge < -0.3 is 24.0 Å². The Kier molecular flexibility index (Phi) is 9.11. The average molecular weight is 433 g/mol. The van der Waals surface area contributed by atoms with Gasteiger partial charge in [-0.2, -0.15) is 5.10 Å². The minimum Gasteiger partial charge on any atom is -0.493 e. The van der Waals surface area contributed by atoms with Crippen molar-refractivity contribution in [2.75, 3.05) is 59.7 Å². The van der Waals surface area contributed by atoms with Gasteiger partial charge in [-0.1, -0.05) is 6.42 Å². The Morgan fingerprint density at radius 1 is 1.13 bits per heavy atom. The van der Waals surface area contributed by atoms with Crippen LogP contribution >= 0.6 is 0 Å². The van der Waals surface area contributed by atoms with E-state index in [2.05, 4.69) is 15.4 Å². The van der Waals surface area contributed by atoms with Crippen molar-refractivity contribution in [2.45, 2.75) is 25.7 Å². The monoisotopic (exact) mass is 432 g/mol. The standard InChI is InChI=1S/C22H32N4O5/c1-29-20-15-18(16-23-24-21(27)7-10-25-8-3-2-4-9-25)5-6-19(20)31-17-22(28)26-11-13-30-14-12-26/h5-6,15-16H,2-4,7-14,17H2,1H3,(H,24,27)/b23-16+. The molecular formula is C22H32N4O5. The predicted molar refractivity (Wildman–Crippen MR) is 117 cm³/mol. The number of hydrogen-bond acceptors (Lipinski definition) is 7. The second kappa shape index (κ2) is 12.3. The Morgan fingerprint density at radius 2 is 1.90 bits per heavy atom. The van der Waals surface area contributed by atoms with Crippen molar-refractivity contribution in [1.82, 2.24) is 15.2 Å². The summed E-state index contributed by atoms with van der Waals surface area (Å²) in [5.41, 5.74) is 3.32. The van der Waals surface area contributed by atoms with Crippen LogP contribution in [0.1, 0.15) is 31.2 Å². The van der Waals surface area contributed by atoms with Crippen LogP contribution in [-0.2, 0) is 14.3 Å². The van der Waals surface area contributed by atoms with Crippen molar-refractivity contribution in [3.63, 3.8) is 0 Å². The third-order valence-corrected chi connectivity index (χ3v) is 5.41. The highest BCUT2D eigenvalue weighted by atomic mass is 16.5. The Balaban J connectivity index is 1.44. The van der Waals surface area contributed by atoms with E-state index >= 15 is 0 Å². The number of carbonyl (C=O) groups is 2.